The molecule has 0 aliphatic carbocycles. The highest BCUT2D eigenvalue weighted by Gasteiger charge is 2.31. The highest BCUT2D eigenvalue weighted by Crippen LogP contribution is 2.39. The first-order valence-corrected chi connectivity index (χ1v) is 11.6. The van der Waals surface area contributed by atoms with Gasteiger partial charge in [-0.1, -0.05) is 29.8 Å². The normalized spacial score (nSPS) is 12.6. The molecule has 3 aromatic rings. The molecule has 1 unspecified atom stereocenters. The van der Waals surface area contributed by atoms with Crippen LogP contribution in [-0.2, 0) is 30.3 Å². The van der Waals surface area contributed by atoms with E-state index in [0.29, 0.717) is 6.07 Å². The lowest BCUT2D eigenvalue weighted by molar-refractivity contribution is -0.170. The quantitative estimate of drug-likeness (QED) is 0.280. The van der Waals surface area contributed by atoms with Gasteiger partial charge in [0, 0.05) is 13.2 Å². The Morgan fingerprint density at radius 2 is 1.63 bits per heavy atom. The standard InChI is InChI=1S/C23H18ClF3O7S/c1-31-21(28)22(32-2)34-19-13-15(33-18-10-8-14(12-17(18)24)23(25,26)27)9-11-20(19)35(29,30)16-6-4-3-5-7-16/h3-13,22H,1-2H3. The third-order valence-electron chi connectivity index (χ3n) is 4.59. The number of esters is 1. The summed E-state index contributed by atoms with van der Waals surface area (Å²) in [6, 6.07) is 13.5. The molecule has 0 fully saturated rings. The van der Waals surface area contributed by atoms with E-state index in [4.69, 9.17) is 25.8 Å². The molecule has 0 heterocycles. The Morgan fingerprint density at radius 3 is 2.20 bits per heavy atom. The number of hydrogen-bond acceptors (Lipinski definition) is 7. The maximum absolute atomic E-state index is 13.2. The fourth-order valence-electron chi connectivity index (χ4n) is 2.88. The SMILES string of the molecule is COC(=O)C(OC)Oc1cc(Oc2ccc(C(F)(F)F)cc2Cl)ccc1S(=O)(=O)c1ccccc1. The summed E-state index contributed by atoms with van der Waals surface area (Å²) in [5, 5.41) is -0.326. The van der Waals surface area contributed by atoms with Gasteiger partial charge in [-0.2, -0.15) is 13.2 Å². The van der Waals surface area contributed by atoms with Crippen molar-refractivity contribution in [2.75, 3.05) is 14.2 Å². The molecule has 0 bridgehead atoms. The largest absolute Gasteiger partial charge is 0.464 e. The molecule has 0 aromatic heterocycles. The maximum Gasteiger partial charge on any atom is 0.416 e. The van der Waals surface area contributed by atoms with Crippen LogP contribution in [0.5, 0.6) is 17.2 Å². The molecular formula is C23H18ClF3O7S. The summed E-state index contributed by atoms with van der Waals surface area (Å²) >= 11 is 5.94. The molecule has 0 radical (unpaired) electrons. The zero-order valence-corrected chi connectivity index (χ0v) is 19.8. The molecule has 0 amide bonds. The van der Waals surface area contributed by atoms with Crippen molar-refractivity contribution in [1.29, 1.82) is 0 Å². The van der Waals surface area contributed by atoms with E-state index in [1.807, 2.05) is 0 Å². The minimum Gasteiger partial charge on any atom is -0.464 e. The summed E-state index contributed by atoms with van der Waals surface area (Å²) in [6.45, 7) is 0. The minimum atomic E-state index is -4.60. The Kier molecular flexibility index (Phi) is 7.93. The lowest BCUT2D eigenvalue weighted by atomic mass is 10.2. The lowest BCUT2D eigenvalue weighted by Gasteiger charge is -2.19. The van der Waals surface area contributed by atoms with Crippen LogP contribution in [-0.4, -0.2) is 34.9 Å². The molecule has 0 saturated carbocycles. The molecule has 0 aliphatic rings. The van der Waals surface area contributed by atoms with Gasteiger partial charge in [0.1, 0.15) is 22.1 Å². The van der Waals surface area contributed by atoms with E-state index in [0.717, 1.165) is 38.5 Å². The molecule has 0 spiro atoms. The molecule has 0 N–H and O–H groups in total. The predicted molar refractivity (Wildman–Crippen MR) is 118 cm³/mol. The number of ether oxygens (including phenoxy) is 4. The number of sulfone groups is 1. The highest BCUT2D eigenvalue weighted by atomic mass is 35.5. The van der Waals surface area contributed by atoms with E-state index in [1.165, 1.54) is 30.3 Å². The van der Waals surface area contributed by atoms with Gasteiger partial charge in [0.25, 0.3) is 6.29 Å². The van der Waals surface area contributed by atoms with Crippen LogP contribution in [0.25, 0.3) is 0 Å². The molecule has 0 aliphatic heterocycles. The van der Waals surface area contributed by atoms with Gasteiger partial charge in [0.15, 0.2) is 0 Å². The van der Waals surface area contributed by atoms with Crippen molar-refractivity contribution in [1.82, 2.24) is 0 Å². The number of benzene rings is 3. The monoisotopic (exact) mass is 530 g/mol. The van der Waals surface area contributed by atoms with Crippen LogP contribution in [0.2, 0.25) is 5.02 Å². The molecule has 3 aromatic carbocycles. The van der Waals surface area contributed by atoms with Crippen LogP contribution in [0, 0.1) is 0 Å². The van der Waals surface area contributed by atoms with Crippen LogP contribution < -0.4 is 9.47 Å². The van der Waals surface area contributed by atoms with Crippen molar-refractivity contribution in [3.8, 4) is 17.2 Å². The summed E-state index contributed by atoms with van der Waals surface area (Å²) < 4.78 is 85.7. The molecule has 12 heteroatoms. The van der Waals surface area contributed by atoms with Gasteiger partial charge in [-0.05, 0) is 42.5 Å². The molecule has 35 heavy (non-hydrogen) atoms. The zero-order chi connectivity index (χ0) is 25.8. The number of methoxy groups -OCH3 is 2. The molecule has 1 atom stereocenters. The summed E-state index contributed by atoms with van der Waals surface area (Å²) in [5.41, 5.74) is -0.968. The van der Waals surface area contributed by atoms with Gasteiger partial charge in [-0.3, -0.25) is 0 Å². The molecular weight excluding hydrogens is 513 g/mol. The number of halogens is 4. The number of hydrogen-bond donors (Lipinski definition) is 0. The van der Waals surface area contributed by atoms with E-state index >= 15 is 0 Å². The highest BCUT2D eigenvalue weighted by molar-refractivity contribution is 7.91. The van der Waals surface area contributed by atoms with Gasteiger partial charge in [-0.15, -0.1) is 0 Å². The summed E-state index contributed by atoms with van der Waals surface area (Å²) in [5.74, 6) is -1.42. The number of carbonyl (C=O) groups excluding carboxylic acids is 1. The van der Waals surface area contributed by atoms with Crippen molar-refractivity contribution in [2.45, 2.75) is 22.3 Å². The predicted octanol–water partition coefficient (Wildman–Crippen LogP) is 5.51. The van der Waals surface area contributed by atoms with Crippen molar-refractivity contribution >= 4 is 27.4 Å². The van der Waals surface area contributed by atoms with Crippen molar-refractivity contribution in [2.24, 2.45) is 0 Å². The third-order valence-corrected chi connectivity index (χ3v) is 6.69. The topological polar surface area (TPSA) is 88.1 Å². The Balaban J connectivity index is 2.05. The molecule has 3 rings (SSSR count). The fraction of sp³-hybridized carbons (Fsp3) is 0.174. The van der Waals surface area contributed by atoms with Gasteiger partial charge in [-0.25, -0.2) is 13.2 Å². The van der Waals surface area contributed by atoms with Crippen molar-refractivity contribution in [3.63, 3.8) is 0 Å². The zero-order valence-electron chi connectivity index (χ0n) is 18.2. The van der Waals surface area contributed by atoms with Crippen LogP contribution in [0.3, 0.4) is 0 Å². The number of rotatable bonds is 8. The van der Waals surface area contributed by atoms with Gasteiger partial charge in [0.2, 0.25) is 9.84 Å². The van der Waals surface area contributed by atoms with Gasteiger partial charge >= 0.3 is 12.1 Å². The Labute approximate surface area is 203 Å². The van der Waals surface area contributed by atoms with Crippen LogP contribution >= 0.6 is 11.6 Å². The number of carbonyl (C=O) groups is 1. The second kappa shape index (κ2) is 10.5. The summed E-state index contributed by atoms with van der Waals surface area (Å²) in [4.78, 5) is 11.6. The van der Waals surface area contributed by atoms with Crippen molar-refractivity contribution < 1.29 is 45.3 Å². The first-order chi connectivity index (χ1) is 16.5. The smallest absolute Gasteiger partial charge is 0.416 e. The molecule has 186 valence electrons. The first-order valence-electron chi connectivity index (χ1n) is 9.73. The van der Waals surface area contributed by atoms with E-state index in [9.17, 15) is 26.4 Å². The fourth-order valence-corrected chi connectivity index (χ4v) is 4.49. The van der Waals surface area contributed by atoms with Gasteiger partial charge < -0.3 is 18.9 Å². The second-order valence-electron chi connectivity index (χ2n) is 6.88. The average molecular weight is 531 g/mol. The van der Waals surface area contributed by atoms with E-state index in [1.54, 1.807) is 6.07 Å². The summed E-state index contributed by atoms with van der Waals surface area (Å²) in [6.07, 6.45) is -6.21. The number of alkyl halides is 3. The molecule has 0 saturated heterocycles. The Morgan fingerprint density at radius 1 is 0.943 bits per heavy atom. The Hall–Kier alpha value is -3.28. The second-order valence-corrected chi connectivity index (χ2v) is 9.20. The first kappa shape index (κ1) is 26.3. The van der Waals surface area contributed by atoms with E-state index in [2.05, 4.69) is 4.74 Å². The van der Waals surface area contributed by atoms with Crippen molar-refractivity contribution in [3.05, 3.63) is 77.3 Å². The van der Waals surface area contributed by atoms with E-state index < -0.39 is 33.8 Å². The third kappa shape index (κ3) is 6.05. The minimum absolute atomic E-state index is 0.0339. The van der Waals surface area contributed by atoms with Crippen LogP contribution in [0.1, 0.15) is 5.56 Å². The summed E-state index contributed by atoms with van der Waals surface area (Å²) in [7, 11) is -1.88. The van der Waals surface area contributed by atoms with Crippen LogP contribution in [0.15, 0.2) is 76.5 Å². The van der Waals surface area contributed by atoms with E-state index in [-0.39, 0.29) is 32.1 Å². The lowest BCUT2D eigenvalue weighted by Crippen LogP contribution is -2.30. The average Bonchev–Trinajstić information content (AvgIpc) is 2.83. The molecule has 7 nitrogen and oxygen atoms in total. The maximum atomic E-state index is 13.2. The Bertz CT molecular complexity index is 1310. The van der Waals surface area contributed by atoms with Crippen LogP contribution in [0.4, 0.5) is 13.2 Å². The van der Waals surface area contributed by atoms with Gasteiger partial charge in [0.05, 0.1) is 22.6 Å².